The zero-order valence-corrected chi connectivity index (χ0v) is 22.2. The molecule has 4 aromatic rings. The molecule has 0 radical (unpaired) electrons. The SMILES string of the molecule is CC(C)Nc1cc(Nc2ccc3ncsc3c2)ncc1C(=O)N[C@H]1CC[C@H](NC(=O)c2cccnc2)CC1. The topological polar surface area (TPSA) is 121 Å². The summed E-state index contributed by atoms with van der Waals surface area (Å²) in [4.78, 5) is 38.5. The van der Waals surface area contributed by atoms with Gasteiger partial charge in [0.2, 0.25) is 0 Å². The summed E-state index contributed by atoms with van der Waals surface area (Å²) in [5, 5.41) is 13.0. The lowest BCUT2D eigenvalue weighted by atomic mass is 9.90. The zero-order chi connectivity index (χ0) is 26.5. The molecule has 1 saturated carbocycles. The first-order valence-corrected chi connectivity index (χ1v) is 13.7. The van der Waals surface area contributed by atoms with Crippen LogP contribution in [0.25, 0.3) is 10.2 Å². The molecule has 1 fully saturated rings. The Morgan fingerprint density at radius 1 is 0.947 bits per heavy atom. The molecule has 0 saturated heterocycles. The second-order valence-electron chi connectivity index (χ2n) is 9.81. The van der Waals surface area contributed by atoms with Gasteiger partial charge in [-0.1, -0.05) is 0 Å². The highest BCUT2D eigenvalue weighted by molar-refractivity contribution is 7.16. The summed E-state index contributed by atoms with van der Waals surface area (Å²) in [5.41, 5.74) is 5.50. The summed E-state index contributed by atoms with van der Waals surface area (Å²) in [5.74, 6) is 0.390. The van der Waals surface area contributed by atoms with E-state index in [9.17, 15) is 9.59 Å². The molecule has 1 aliphatic rings. The van der Waals surface area contributed by atoms with Gasteiger partial charge in [-0.15, -0.1) is 11.3 Å². The Bertz CT molecular complexity index is 1420. The Kier molecular flexibility index (Phi) is 7.78. The number of hydrogen-bond donors (Lipinski definition) is 4. The monoisotopic (exact) mass is 529 g/mol. The minimum atomic E-state index is -0.152. The molecule has 1 aliphatic carbocycles. The normalized spacial score (nSPS) is 17.2. The summed E-state index contributed by atoms with van der Waals surface area (Å²) in [6, 6.07) is 11.6. The van der Waals surface area contributed by atoms with Crippen molar-refractivity contribution in [3.05, 3.63) is 71.6 Å². The number of thiazole rings is 1. The smallest absolute Gasteiger partial charge is 0.255 e. The Balaban J connectivity index is 1.20. The van der Waals surface area contributed by atoms with E-state index in [-0.39, 0.29) is 29.9 Å². The lowest BCUT2D eigenvalue weighted by Crippen LogP contribution is -2.44. The zero-order valence-electron chi connectivity index (χ0n) is 21.4. The predicted molar refractivity (Wildman–Crippen MR) is 151 cm³/mol. The number of pyridine rings is 2. The van der Waals surface area contributed by atoms with E-state index in [0.29, 0.717) is 16.9 Å². The summed E-state index contributed by atoms with van der Waals surface area (Å²) < 4.78 is 1.10. The molecule has 0 atom stereocenters. The fourth-order valence-corrected chi connectivity index (χ4v) is 5.34. The number of hydrogen-bond acceptors (Lipinski definition) is 8. The molecule has 3 heterocycles. The standard InChI is InChI=1S/C28H31N7O2S/c1-17(2)32-24-13-26(33-21-9-10-23-25(12-21)38-16-31-23)30-15-22(24)28(37)35-20-7-5-19(6-8-20)34-27(36)18-4-3-11-29-14-18/h3-4,9-17,19-20H,5-8H2,1-2H3,(H,34,36)(H,35,37)(H2,30,32,33)/t19-,20-. The third-order valence-corrected chi connectivity index (χ3v) is 7.31. The Morgan fingerprint density at radius 3 is 2.42 bits per heavy atom. The molecule has 4 N–H and O–H groups in total. The fraction of sp³-hybridized carbons (Fsp3) is 0.321. The van der Waals surface area contributed by atoms with Gasteiger partial charge in [-0.3, -0.25) is 14.6 Å². The van der Waals surface area contributed by atoms with Crippen LogP contribution in [-0.2, 0) is 0 Å². The van der Waals surface area contributed by atoms with Crippen molar-refractivity contribution < 1.29 is 9.59 Å². The van der Waals surface area contributed by atoms with Crippen LogP contribution in [0.5, 0.6) is 0 Å². The van der Waals surface area contributed by atoms with Crippen molar-refractivity contribution in [2.45, 2.75) is 57.7 Å². The molecule has 0 spiro atoms. The molecule has 38 heavy (non-hydrogen) atoms. The van der Waals surface area contributed by atoms with E-state index in [1.807, 2.05) is 43.6 Å². The quantitative estimate of drug-likeness (QED) is 0.250. The van der Waals surface area contributed by atoms with Crippen LogP contribution in [0.4, 0.5) is 17.2 Å². The lowest BCUT2D eigenvalue weighted by Gasteiger charge is -2.30. The number of anilines is 3. The third-order valence-electron chi connectivity index (χ3n) is 6.52. The van der Waals surface area contributed by atoms with E-state index in [2.05, 4.69) is 36.2 Å². The molecule has 5 rings (SSSR count). The summed E-state index contributed by atoms with van der Waals surface area (Å²) >= 11 is 1.59. The molecule has 0 unspecified atom stereocenters. The van der Waals surface area contributed by atoms with Crippen LogP contribution in [-0.4, -0.2) is 44.9 Å². The number of rotatable bonds is 8. The van der Waals surface area contributed by atoms with Crippen LogP contribution in [0.3, 0.4) is 0 Å². The average molecular weight is 530 g/mol. The van der Waals surface area contributed by atoms with E-state index in [4.69, 9.17) is 0 Å². The lowest BCUT2D eigenvalue weighted by molar-refractivity contribution is 0.0892. The Hall–Kier alpha value is -4.05. The Morgan fingerprint density at radius 2 is 1.71 bits per heavy atom. The summed E-state index contributed by atoms with van der Waals surface area (Å²) in [6.45, 7) is 4.07. The number of fused-ring (bicyclic) bond motifs is 1. The highest BCUT2D eigenvalue weighted by atomic mass is 32.1. The maximum Gasteiger partial charge on any atom is 0.255 e. The van der Waals surface area contributed by atoms with Gasteiger partial charge < -0.3 is 21.3 Å². The van der Waals surface area contributed by atoms with Crippen molar-refractivity contribution in [2.75, 3.05) is 10.6 Å². The number of aromatic nitrogens is 3. The fourth-order valence-electron chi connectivity index (χ4n) is 4.63. The van der Waals surface area contributed by atoms with Gasteiger partial charge in [0.05, 0.1) is 32.5 Å². The molecule has 0 aliphatic heterocycles. The first kappa shape index (κ1) is 25.6. The van der Waals surface area contributed by atoms with Gasteiger partial charge in [0.15, 0.2) is 0 Å². The van der Waals surface area contributed by atoms with E-state index < -0.39 is 0 Å². The van der Waals surface area contributed by atoms with Gasteiger partial charge in [0.1, 0.15) is 5.82 Å². The number of carbonyl (C=O) groups is 2. The van der Waals surface area contributed by atoms with Gasteiger partial charge in [-0.25, -0.2) is 9.97 Å². The molecule has 0 bridgehead atoms. The molecule has 2 amide bonds. The van der Waals surface area contributed by atoms with Crippen molar-refractivity contribution in [2.24, 2.45) is 0 Å². The maximum absolute atomic E-state index is 13.3. The minimum absolute atomic E-state index is 0.0462. The number of benzene rings is 1. The van der Waals surface area contributed by atoms with E-state index in [1.54, 1.807) is 42.1 Å². The van der Waals surface area contributed by atoms with Crippen LogP contribution in [0, 0.1) is 0 Å². The molecule has 9 nitrogen and oxygen atoms in total. The average Bonchev–Trinajstić information content (AvgIpc) is 3.38. The van der Waals surface area contributed by atoms with Gasteiger partial charge in [0.25, 0.3) is 11.8 Å². The summed E-state index contributed by atoms with van der Waals surface area (Å²) in [6.07, 6.45) is 8.04. The van der Waals surface area contributed by atoms with Crippen LogP contribution >= 0.6 is 11.3 Å². The maximum atomic E-state index is 13.3. The van der Waals surface area contributed by atoms with E-state index in [0.717, 1.165) is 47.3 Å². The molecule has 10 heteroatoms. The van der Waals surface area contributed by atoms with E-state index in [1.165, 1.54) is 0 Å². The van der Waals surface area contributed by atoms with Crippen LogP contribution in [0.1, 0.15) is 60.2 Å². The number of nitrogens with zero attached hydrogens (tertiary/aromatic N) is 3. The predicted octanol–water partition coefficient (Wildman–Crippen LogP) is 5.12. The highest BCUT2D eigenvalue weighted by Gasteiger charge is 2.25. The van der Waals surface area contributed by atoms with Crippen LogP contribution in [0.2, 0.25) is 0 Å². The number of nitrogens with one attached hydrogen (secondary N) is 4. The third kappa shape index (κ3) is 6.25. The van der Waals surface area contributed by atoms with Crippen molar-refractivity contribution in [1.82, 2.24) is 25.6 Å². The first-order chi connectivity index (χ1) is 18.4. The number of carbonyl (C=O) groups excluding carboxylic acids is 2. The van der Waals surface area contributed by atoms with Gasteiger partial charge >= 0.3 is 0 Å². The van der Waals surface area contributed by atoms with Gasteiger partial charge in [0, 0.05) is 48.5 Å². The second kappa shape index (κ2) is 11.6. The second-order valence-corrected chi connectivity index (χ2v) is 10.7. The van der Waals surface area contributed by atoms with Crippen molar-refractivity contribution in [3.63, 3.8) is 0 Å². The van der Waals surface area contributed by atoms with Gasteiger partial charge in [-0.2, -0.15) is 0 Å². The molecule has 3 aromatic heterocycles. The van der Waals surface area contributed by atoms with Crippen molar-refractivity contribution >= 4 is 50.6 Å². The van der Waals surface area contributed by atoms with E-state index >= 15 is 0 Å². The molecule has 1 aromatic carbocycles. The minimum Gasteiger partial charge on any atom is -0.382 e. The molecular formula is C28H31N7O2S. The van der Waals surface area contributed by atoms with Crippen LogP contribution < -0.4 is 21.3 Å². The van der Waals surface area contributed by atoms with Crippen molar-refractivity contribution in [3.8, 4) is 0 Å². The summed E-state index contributed by atoms with van der Waals surface area (Å²) in [7, 11) is 0. The largest absolute Gasteiger partial charge is 0.382 e. The first-order valence-electron chi connectivity index (χ1n) is 12.8. The highest BCUT2D eigenvalue weighted by Crippen LogP contribution is 2.27. The Labute approximate surface area is 225 Å². The van der Waals surface area contributed by atoms with Crippen molar-refractivity contribution in [1.29, 1.82) is 0 Å². The van der Waals surface area contributed by atoms with Crippen LogP contribution in [0.15, 0.2) is 60.5 Å². The molecule has 196 valence electrons. The number of amides is 2. The molecular weight excluding hydrogens is 498 g/mol. The van der Waals surface area contributed by atoms with Gasteiger partial charge in [-0.05, 0) is 69.9 Å².